The number of aromatic nitrogens is 4. The van der Waals surface area contributed by atoms with Gasteiger partial charge < -0.3 is 9.84 Å². The molecule has 28 heavy (non-hydrogen) atoms. The lowest BCUT2D eigenvalue weighted by Crippen LogP contribution is -2.29. The summed E-state index contributed by atoms with van der Waals surface area (Å²) in [7, 11) is 0. The Morgan fingerprint density at radius 3 is 2.43 bits per heavy atom. The van der Waals surface area contributed by atoms with Gasteiger partial charge in [0.05, 0.1) is 0 Å². The van der Waals surface area contributed by atoms with Crippen LogP contribution in [-0.2, 0) is 11.3 Å². The Morgan fingerprint density at radius 1 is 0.964 bits per heavy atom. The highest BCUT2D eigenvalue weighted by atomic mass is 16.5. The first-order valence-electron chi connectivity index (χ1n) is 8.51. The molecule has 8 heteroatoms. The van der Waals surface area contributed by atoms with E-state index < -0.39 is 5.56 Å². The van der Waals surface area contributed by atoms with Crippen LogP contribution in [0.2, 0.25) is 0 Å². The Kier molecular flexibility index (Phi) is 4.75. The average molecular weight is 373 g/mol. The van der Waals surface area contributed by atoms with Gasteiger partial charge in [0.25, 0.3) is 11.4 Å². The summed E-state index contributed by atoms with van der Waals surface area (Å²) in [5.41, 5.74) is 1.34. The molecule has 0 fully saturated rings. The van der Waals surface area contributed by atoms with Gasteiger partial charge in [-0.2, -0.15) is 10.1 Å². The van der Waals surface area contributed by atoms with E-state index in [-0.39, 0.29) is 18.3 Å². The maximum atomic E-state index is 12.2. The monoisotopic (exact) mass is 373 g/mol. The summed E-state index contributed by atoms with van der Waals surface area (Å²) in [4.78, 5) is 28.6. The van der Waals surface area contributed by atoms with E-state index >= 15 is 0 Å². The largest absolute Gasteiger partial charge is 0.332 e. The molecule has 0 aliphatic rings. The first kappa shape index (κ1) is 17.3. The van der Waals surface area contributed by atoms with Crippen LogP contribution in [0.1, 0.15) is 0 Å². The summed E-state index contributed by atoms with van der Waals surface area (Å²) >= 11 is 0. The second kappa shape index (κ2) is 7.67. The molecular formula is C20H15N5O3. The van der Waals surface area contributed by atoms with Gasteiger partial charge in [0.15, 0.2) is 0 Å². The van der Waals surface area contributed by atoms with Crippen molar-refractivity contribution in [2.24, 2.45) is 0 Å². The number of rotatable bonds is 5. The van der Waals surface area contributed by atoms with Crippen molar-refractivity contribution in [3.63, 3.8) is 0 Å². The van der Waals surface area contributed by atoms with Crippen molar-refractivity contribution in [2.75, 3.05) is 5.32 Å². The predicted molar refractivity (Wildman–Crippen MR) is 102 cm³/mol. The van der Waals surface area contributed by atoms with Crippen LogP contribution in [0.25, 0.3) is 23.0 Å². The van der Waals surface area contributed by atoms with Crippen LogP contribution < -0.4 is 10.9 Å². The molecule has 2 heterocycles. The molecule has 0 aliphatic carbocycles. The third-order valence-electron chi connectivity index (χ3n) is 3.89. The van der Waals surface area contributed by atoms with Crippen LogP contribution in [0.3, 0.4) is 0 Å². The van der Waals surface area contributed by atoms with E-state index in [4.69, 9.17) is 4.52 Å². The molecule has 0 bridgehead atoms. The molecule has 0 atom stereocenters. The van der Waals surface area contributed by atoms with Crippen molar-refractivity contribution >= 4 is 11.6 Å². The number of nitrogens with zero attached hydrogens (tertiary/aromatic N) is 4. The van der Waals surface area contributed by atoms with E-state index in [2.05, 4.69) is 20.6 Å². The van der Waals surface area contributed by atoms with Gasteiger partial charge in [-0.15, -0.1) is 0 Å². The second-order valence-corrected chi connectivity index (χ2v) is 5.92. The number of nitrogens with one attached hydrogen (secondary N) is 1. The molecule has 8 nitrogen and oxygen atoms in total. The maximum absolute atomic E-state index is 12.2. The molecule has 0 radical (unpaired) electrons. The lowest BCUT2D eigenvalue weighted by molar-refractivity contribution is -0.117. The lowest BCUT2D eigenvalue weighted by atomic mass is 10.2. The molecule has 0 aliphatic heterocycles. The highest BCUT2D eigenvalue weighted by Crippen LogP contribution is 2.19. The SMILES string of the molecule is O=C(Cn1nc(-c2nc(-c3ccccc3)no2)ccc1=O)Nc1ccccc1. The summed E-state index contributed by atoms with van der Waals surface area (Å²) < 4.78 is 6.32. The molecule has 138 valence electrons. The number of anilines is 1. The van der Waals surface area contributed by atoms with Crippen molar-refractivity contribution in [1.82, 2.24) is 19.9 Å². The Labute approximate surface area is 159 Å². The van der Waals surface area contributed by atoms with Crippen molar-refractivity contribution in [3.05, 3.63) is 83.2 Å². The minimum Gasteiger partial charge on any atom is -0.332 e. The van der Waals surface area contributed by atoms with Crippen LogP contribution >= 0.6 is 0 Å². The molecule has 0 saturated heterocycles. The van der Waals surface area contributed by atoms with E-state index in [9.17, 15) is 9.59 Å². The van der Waals surface area contributed by atoms with Gasteiger partial charge in [0.2, 0.25) is 11.7 Å². The molecule has 1 N–H and O–H groups in total. The number of carbonyl (C=O) groups excluding carboxylic acids is 1. The minimum atomic E-state index is -0.408. The quantitative estimate of drug-likeness (QED) is 0.577. The summed E-state index contributed by atoms with van der Waals surface area (Å²) in [6, 6.07) is 21.1. The number of amides is 1. The van der Waals surface area contributed by atoms with Gasteiger partial charge in [0, 0.05) is 17.3 Å². The summed E-state index contributed by atoms with van der Waals surface area (Å²) in [5.74, 6) is 0.210. The zero-order valence-electron chi connectivity index (χ0n) is 14.6. The first-order valence-corrected chi connectivity index (χ1v) is 8.51. The molecule has 0 saturated carbocycles. The normalized spacial score (nSPS) is 10.6. The van der Waals surface area contributed by atoms with E-state index in [0.29, 0.717) is 17.2 Å². The summed E-state index contributed by atoms with van der Waals surface area (Å²) in [6.07, 6.45) is 0. The van der Waals surface area contributed by atoms with Crippen LogP contribution in [-0.4, -0.2) is 25.8 Å². The van der Waals surface area contributed by atoms with Crippen molar-refractivity contribution in [3.8, 4) is 23.0 Å². The van der Waals surface area contributed by atoms with Gasteiger partial charge >= 0.3 is 0 Å². The predicted octanol–water partition coefficient (Wildman–Crippen LogP) is 2.60. The number of hydrogen-bond donors (Lipinski definition) is 1. The number of para-hydroxylation sites is 1. The topological polar surface area (TPSA) is 103 Å². The number of hydrogen-bond acceptors (Lipinski definition) is 6. The Balaban J connectivity index is 1.55. The van der Waals surface area contributed by atoms with Gasteiger partial charge in [0.1, 0.15) is 12.2 Å². The maximum Gasteiger partial charge on any atom is 0.278 e. The molecule has 4 rings (SSSR count). The molecule has 1 amide bonds. The lowest BCUT2D eigenvalue weighted by Gasteiger charge is -2.07. The minimum absolute atomic E-state index is 0.163. The van der Waals surface area contributed by atoms with E-state index in [1.54, 1.807) is 24.3 Å². The number of benzene rings is 2. The fraction of sp³-hybridized carbons (Fsp3) is 0.0500. The first-order chi connectivity index (χ1) is 13.7. The van der Waals surface area contributed by atoms with Crippen LogP contribution in [0, 0.1) is 0 Å². The van der Waals surface area contributed by atoms with Crippen LogP contribution in [0.5, 0.6) is 0 Å². The molecule has 0 spiro atoms. The third-order valence-corrected chi connectivity index (χ3v) is 3.89. The van der Waals surface area contributed by atoms with Crippen molar-refractivity contribution in [1.29, 1.82) is 0 Å². The number of carbonyl (C=O) groups is 1. The fourth-order valence-electron chi connectivity index (χ4n) is 2.57. The highest BCUT2D eigenvalue weighted by Gasteiger charge is 2.14. The Morgan fingerprint density at radius 2 is 1.68 bits per heavy atom. The fourth-order valence-corrected chi connectivity index (χ4v) is 2.57. The van der Waals surface area contributed by atoms with Gasteiger partial charge in [-0.1, -0.05) is 53.7 Å². The van der Waals surface area contributed by atoms with Crippen LogP contribution in [0.15, 0.2) is 82.1 Å². The van der Waals surface area contributed by atoms with Crippen molar-refractivity contribution in [2.45, 2.75) is 6.54 Å². The molecule has 0 unspecified atom stereocenters. The van der Waals surface area contributed by atoms with E-state index in [1.807, 2.05) is 36.4 Å². The Bertz CT molecular complexity index is 1150. The van der Waals surface area contributed by atoms with Gasteiger partial charge in [-0.25, -0.2) is 4.68 Å². The van der Waals surface area contributed by atoms with E-state index in [1.165, 1.54) is 12.1 Å². The standard InChI is InChI=1S/C20H15N5O3/c26-17(21-15-9-5-2-6-10-15)13-25-18(27)12-11-16(23-25)20-22-19(24-28-20)14-7-3-1-4-8-14/h1-12H,13H2,(H,21,26). The third kappa shape index (κ3) is 3.85. The Hall–Kier alpha value is -4.07. The van der Waals surface area contributed by atoms with E-state index in [0.717, 1.165) is 10.2 Å². The molecule has 4 aromatic rings. The molecular weight excluding hydrogens is 358 g/mol. The molecule has 2 aromatic carbocycles. The zero-order valence-corrected chi connectivity index (χ0v) is 14.6. The summed E-state index contributed by atoms with van der Waals surface area (Å²) in [6.45, 7) is -0.235. The smallest absolute Gasteiger partial charge is 0.278 e. The van der Waals surface area contributed by atoms with Gasteiger partial charge in [-0.3, -0.25) is 9.59 Å². The molecule has 2 aromatic heterocycles. The zero-order chi connectivity index (χ0) is 19.3. The summed E-state index contributed by atoms with van der Waals surface area (Å²) in [5, 5.41) is 10.8. The van der Waals surface area contributed by atoms with Gasteiger partial charge in [-0.05, 0) is 18.2 Å². The van der Waals surface area contributed by atoms with Crippen molar-refractivity contribution < 1.29 is 9.32 Å². The average Bonchev–Trinajstić information content (AvgIpc) is 3.21. The second-order valence-electron chi connectivity index (χ2n) is 5.92. The highest BCUT2D eigenvalue weighted by molar-refractivity contribution is 5.90. The van der Waals surface area contributed by atoms with Crippen LogP contribution in [0.4, 0.5) is 5.69 Å².